The molecular formula is C14H27OSi. The van der Waals surface area contributed by atoms with Gasteiger partial charge in [0.2, 0.25) is 9.04 Å². The van der Waals surface area contributed by atoms with Crippen molar-refractivity contribution in [1.29, 1.82) is 0 Å². The minimum Gasteiger partial charge on any atom is -0.301 e. The molecule has 2 saturated carbocycles. The molecule has 0 amide bonds. The van der Waals surface area contributed by atoms with Crippen LogP contribution >= 0.6 is 0 Å². The summed E-state index contributed by atoms with van der Waals surface area (Å²) < 4.78 is 0. The maximum Gasteiger partial charge on any atom is 0.228 e. The lowest BCUT2D eigenvalue weighted by atomic mass is 10.2. The van der Waals surface area contributed by atoms with Gasteiger partial charge in [0.05, 0.1) is 0 Å². The van der Waals surface area contributed by atoms with E-state index in [1.165, 1.54) is 77.0 Å². The third-order valence-corrected chi connectivity index (χ3v) is 7.92. The van der Waals surface area contributed by atoms with Crippen molar-refractivity contribution < 1.29 is 4.80 Å². The average molecular weight is 239 g/mol. The van der Waals surface area contributed by atoms with E-state index in [2.05, 4.69) is 0 Å². The minimum absolute atomic E-state index is 0.658. The largest absolute Gasteiger partial charge is 0.301 e. The molecule has 0 heterocycles. The van der Waals surface area contributed by atoms with Gasteiger partial charge in [-0.1, -0.05) is 77.0 Å². The molecule has 0 spiro atoms. The fourth-order valence-corrected chi connectivity index (χ4v) is 6.69. The zero-order valence-corrected chi connectivity index (χ0v) is 11.8. The number of rotatable bonds is 2. The maximum absolute atomic E-state index is 12.7. The van der Waals surface area contributed by atoms with E-state index < -0.39 is 9.04 Å². The van der Waals surface area contributed by atoms with Gasteiger partial charge in [0.15, 0.2) is 0 Å². The zero-order chi connectivity index (χ0) is 11.2. The number of hydrogen-bond acceptors (Lipinski definition) is 0. The third-order valence-electron chi connectivity index (χ3n) is 4.73. The van der Waals surface area contributed by atoms with Crippen molar-refractivity contribution >= 4 is 9.04 Å². The van der Waals surface area contributed by atoms with Gasteiger partial charge in [0.25, 0.3) is 0 Å². The summed E-state index contributed by atoms with van der Waals surface area (Å²) >= 11 is 0. The van der Waals surface area contributed by atoms with E-state index in [4.69, 9.17) is 0 Å². The van der Waals surface area contributed by atoms with Gasteiger partial charge in [0.1, 0.15) is 0 Å². The lowest BCUT2D eigenvalue weighted by Crippen LogP contribution is -2.25. The molecule has 0 N–H and O–H groups in total. The highest BCUT2D eigenvalue weighted by Crippen LogP contribution is 2.39. The molecule has 2 aliphatic rings. The highest BCUT2D eigenvalue weighted by molar-refractivity contribution is 6.53. The smallest absolute Gasteiger partial charge is 0.228 e. The Kier molecular flexibility index (Phi) is 5.37. The molecule has 0 atom stereocenters. The van der Waals surface area contributed by atoms with Crippen LogP contribution in [0.2, 0.25) is 11.1 Å². The Morgan fingerprint density at radius 2 is 0.875 bits per heavy atom. The second-order valence-electron chi connectivity index (χ2n) is 5.97. The quantitative estimate of drug-likeness (QED) is 0.496. The van der Waals surface area contributed by atoms with Crippen LogP contribution in [0, 0.1) is 0 Å². The van der Waals surface area contributed by atoms with Crippen LogP contribution in [-0.2, 0) is 4.80 Å². The van der Waals surface area contributed by atoms with Gasteiger partial charge < -0.3 is 4.80 Å². The van der Waals surface area contributed by atoms with Crippen LogP contribution in [0.4, 0.5) is 0 Å². The van der Waals surface area contributed by atoms with E-state index in [9.17, 15) is 4.80 Å². The summed E-state index contributed by atoms with van der Waals surface area (Å²) in [6.45, 7) is 0. The summed E-state index contributed by atoms with van der Waals surface area (Å²) in [6, 6.07) is 0. The van der Waals surface area contributed by atoms with Crippen molar-refractivity contribution in [3.05, 3.63) is 0 Å². The monoisotopic (exact) mass is 239 g/mol. The summed E-state index contributed by atoms with van der Waals surface area (Å²) in [5.41, 5.74) is 1.32. The summed E-state index contributed by atoms with van der Waals surface area (Å²) in [5, 5.41) is 0. The second-order valence-corrected chi connectivity index (χ2v) is 8.78. The Bertz CT molecular complexity index is 159. The first-order valence-electron chi connectivity index (χ1n) is 7.54. The zero-order valence-electron chi connectivity index (χ0n) is 10.6. The van der Waals surface area contributed by atoms with Gasteiger partial charge in [0, 0.05) is 0 Å². The van der Waals surface area contributed by atoms with Crippen LogP contribution < -0.4 is 0 Å². The van der Waals surface area contributed by atoms with E-state index in [-0.39, 0.29) is 0 Å². The van der Waals surface area contributed by atoms with E-state index >= 15 is 0 Å². The highest BCUT2D eigenvalue weighted by atomic mass is 28.3. The molecule has 0 aliphatic heterocycles. The summed E-state index contributed by atoms with van der Waals surface area (Å²) in [4.78, 5) is 12.7. The van der Waals surface area contributed by atoms with Gasteiger partial charge >= 0.3 is 0 Å². The molecule has 2 rings (SSSR count). The fourth-order valence-electron chi connectivity index (χ4n) is 3.66. The number of hydrogen-bond donors (Lipinski definition) is 0. The van der Waals surface area contributed by atoms with Gasteiger partial charge in [-0.25, -0.2) is 0 Å². The minimum atomic E-state index is -1.67. The second kappa shape index (κ2) is 6.80. The molecule has 2 fully saturated rings. The van der Waals surface area contributed by atoms with Crippen molar-refractivity contribution in [2.45, 2.75) is 88.1 Å². The Balaban J connectivity index is 1.85. The Hall–Kier alpha value is 0.177. The van der Waals surface area contributed by atoms with Gasteiger partial charge in [-0.05, 0) is 11.1 Å². The third kappa shape index (κ3) is 3.59. The molecule has 1 radical (unpaired) electrons. The van der Waals surface area contributed by atoms with Gasteiger partial charge in [-0.2, -0.15) is 0 Å². The maximum atomic E-state index is 12.7. The lowest BCUT2D eigenvalue weighted by Gasteiger charge is -2.24. The van der Waals surface area contributed by atoms with E-state index in [1.807, 2.05) is 0 Å². The predicted octanol–water partition coefficient (Wildman–Crippen LogP) is 4.59. The van der Waals surface area contributed by atoms with Gasteiger partial charge in [-0.3, -0.25) is 0 Å². The molecule has 0 unspecified atom stereocenters. The Morgan fingerprint density at radius 1 is 0.562 bits per heavy atom. The van der Waals surface area contributed by atoms with Crippen molar-refractivity contribution in [3.8, 4) is 0 Å². The summed E-state index contributed by atoms with van der Waals surface area (Å²) in [7, 11) is -1.67. The Morgan fingerprint density at radius 3 is 1.19 bits per heavy atom. The van der Waals surface area contributed by atoms with Crippen molar-refractivity contribution in [3.63, 3.8) is 0 Å². The molecule has 2 aliphatic carbocycles. The van der Waals surface area contributed by atoms with E-state index in [0.29, 0.717) is 11.1 Å². The molecule has 1 nitrogen and oxygen atoms in total. The van der Waals surface area contributed by atoms with Crippen molar-refractivity contribution in [2.75, 3.05) is 0 Å². The van der Waals surface area contributed by atoms with Crippen molar-refractivity contribution in [1.82, 2.24) is 0 Å². The molecule has 0 aromatic heterocycles. The highest BCUT2D eigenvalue weighted by Gasteiger charge is 2.32. The first kappa shape index (κ1) is 12.6. The van der Waals surface area contributed by atoms with E-state index in [1.54, 1.807) is 0 Å². The van der Waals surface area contributed by atoms with Crippen molar-refractivity contribution in [2.24, 2.45) is 0 Å². The molecular weight excluding hydrogens is 212 g/mol. The molecule has 0 bridgehead atoms. The molecule has 0 saturated heterocycles. The van der Waals surface area contributed by atoms with Crippen LogP contribution in [0.15, 0.2) is 0 Å². The summed E-state index contributed by atoms with van der Waals surface area (Å²) in [6.07, 6.45) is 16.1. The predicted molar refractivity (Wildman–Crippen MR) is 70.7 cm³/mol. The standard InChI is InChI=1S/C14H27OSi/c15-16(13-9-5-1-2-6-10-13)14-11-7-3-4-8-12-14/h13-14,16H,1-12H2. The normalized spacial score (nSPS) is 26.6. The van der Waals surface area contributed by atoms with Crippen LogP contribution in [-0.4, -0.2) is 9.04 Å². The molecule has 16 heavy (non-hydrogen) atoms. The average Bonchev–Trinajstić information content (AvgIpc) is 2.73. The fraction of sp³-hybridized carbons (Fsp3) is 1.00. The van der Waals surface area contributed by atoms with Crippen LogP contribution in [0.25, 0.3) is 0 Å². The first-order chi connectivity index (χ1) is 7.88. The topological polar surface area (TPSA) is 19.9 Å². The molecule has 93 valence electrons. The van der Waals surface area contributed by atoms with Crippen LogP contribution in [0.1, 0.15) is 77.0 Å². The molecule has 0 aromatic carbocycles. The van der Waals surface area contributed by atoms with Crippen LogP contribution in [0.3, 0.4) is 0 Å². The van der Waals surface area contributed by atoms with Gasteiger partial charge in [-0.15, -0.1) is 0 Å². The SMILES string of the molecule is [O][SiH](C1CCCCCC1)C1CCCCCC1. The van der Waals surface area contributed by atoms with Crippen LogP contribution in [0.5, 0.6) is 0 Å². The van der Waals surface area contributed by atoms with E-state index in [0.717, 1.165) is 0 Å². The first-order valence-corrected chi connectivity index (χ1v) is 9.34. The molecule has 2 heteroatoms. The summed E-state index contributed by atoms with van der Waals surface area (Å²) in [5.74, 6) is 0. The molecule has 0 aromatic rings. The lowest BCUT2D eigenvalue weighted by molar-refractivity contribution is 0.392. The Labute approximate surface area is 102 Å².